The fourth-order valence-electron chi connectivity index (χ4n) is 12.9. The lowest BCUT2D eigenvalue weighted by Crippen LogP contribution is -2.38. The van der Waals surface area contributed by atoms with Gasteiger partial charge in [-0.2, -0.15) is 0 Å². The van der Waals surface area contributed by atoms with Gasteiger partial charge < -0.3 is 14.3 Å². The van der Waals surface area contributed by atoms with Crippen molar-refractivity contribution in [1.82, 2.24) is 4.57 Å². The van der Waals surface area contributed by atoms with Gasteiger partial charge in [-0.25, -0.2) is 0 Å². The van der Waals surface area contributed by atoms with Crippen molar-refractivity contribution in [3.8, 4) is 27.9 Å². The van der Waals surface area contributed by atoms with Gasteiger partial charge in [0.2, 0.25) is 0 Å². The number of nitrogens with zero attached hydrogens (tertiary/aromatic N) is 1. The predicted octanol–water partition coefficient (Wildman–Crippen LogP) is 16.7. The molecule has 3 aliphatic rings. The highest BCUT2D eigenvalue weighted by Crippen LogP contribution is 2.52. The molecular weight excluding hydrogens is 856 g/mol. The molecule has 5 heteroatoms. The Hall–Kier alpha value is -6.56. The smallest absolute Gasteiger partial charge is 0.197 e. The zero-order chi connectivity index (χ0) is 47.3. The monoisotopic (exact) mass is 911 g/mol. The standard InChI is InChI=1S/C64H56BN2OS/c1-34-25-44(40-26-42-43-28-48-49(63(7,8)24-23-62(48,5)6)31-56(43)69-57(42)32-51(40)66-36-21-19-35(20-22-36)61(2,3)4)59-60-58(34)45-27-41-38-16-12-14-18-54(38)68-55(41)33-52(45)67(60)53-29-39-37-15-11-13-17-46(37)64(9,10)47(39)30-50(53)65-59/h11-22,25-33,66H,23-24H2,1-10H3. The Morgan fingerprint density at radius 1 is 0.594 bits per heavy atom. The van der Waals surface area contributed by atoms with E-state index in [2.05, 4.69) is 214 Å². The lowest BCUT2D eigenvalue weighted by atomic mass is 9.58. The molecule has 0 saturated carbocycles. The average molecular weight is 912 g/mol. The number of fused-ring (bicyclic) bond motifs is 15. The topological polar surface area (TPSA) is 30.1 Å². The summed E-state index contributed by atoms with van der Waals surface area (Å²) in [4.78, 5) is 0. The molecule has 3 nitrogen and oxygen atoms in total. The van der Waals surface area contributed by atoms with Crippen LogP contribution in [-0.2, 0) is 21.7 Å². The Morgan fingerprint density at radius 2 is 1.30 bits per heavy atom. The van der Waals surface area contributed by atoms with E-state index in [1.165, 1.54) is 127 Å². The summed E-state index contributed by atoms with van der Waals surface area (Å²) >= 11 is 1.94. The molecular formula is C64H56BN2OS. The summed E-state index contributed by atoms with van der Waals surface area (Å²) in [5.41, 5.74) is 23.8. The third-order valence-electron chi connectivity index (χ3n) is 16.9. The molecule has 0 saturated heterocycles. The molecule has 0 bridgehead atoms. The zero-order valence-electron chi connectivity index (χ0n) is 41.4. The molecule has 337 valence electrons. The fraction of sp³-hybridized carbons (Fsp3) is 0.250. The summed E-state index contributed by atoms with van der Waals surface area (Å²) in [6.45, 7) is 23.7. The van der Waals surface area contributed by atoms with Crippen LogP contribution in [0.4, 0.5) is 11.4 Å². The van der Waals surface area contributed by atoms with E-state index in [1.807, 2.05) is 11.3 Å². The van der Waals surface area contributed by atoms with Crippen LogP contribution in [0.3, 0.4) is 0 Å². The highest BCUT2D eigenvalue weighted by molar-refractivity contribution is 7.25. The first-order valence-corrected chi connectivity index (χ1v) is 25.8. The second-order valence-electron chi connectivity index (χ2n) is 23.6. The van der Waals surface area contributed by atoms with Crippen LogP contribution in [0.25, 0.3) is 91.9 Å². The Labute approximate surface area is 409 Å². The molecule has 14 rings (SSSR count). The van der Waals surface area contributed by atoms with Crippen LogP contribution in [0.5, 0.6) is 0 Å². The third kappa shape index (κ3) is 5.74. The van der Waals surface area contributed by atoms with Gasteiger partial charge in [-0.3, -0.25) is 0 Å². The SMILES string of the molecule is Cc1cc(-c2cc3c(cc2Nc2ccc(C(C)(C)C)cc2)sc2cc4c(cc23)C(C)(C)CCC4(C)C)c2c3c1c1cc4c(cc1n3-c1cc3c(cc1[B]2)C(C)(C)c1ccccc1-3)oc1ccccc14. The van der Waals surface area contributed by atoms with Crippen LogP contribution in [0.1, 0.15) is 109 Å². The van der Waals surface area contributed by atoms with Gasteiger partial charge in [0.1, 0.15) is 11.2 Å². The van der Waals surface area contributed by atoms with Gasteiger partial charge in [0.15, 0.2) is 7.28 Å². The van der Waals surface area contributed by atoms with Crippen molar-refractivity contribution in [3.63, 3.8) is 0 Å². The minimum atomic E-state index is -0.132. The Kier molecular flexibility index (Phi) is 8.17. The maximum atomic E-state index is 6.66. The van der Waals surface area contributed by atoms with Crippen LogP contribution in [0.2, 0.25) is 0 Å². The molecule has 3 aromatic heterocycles. The van der Waals surface area contributed by atoms with E-state index >= 15 is 0 Å². The van der Waals surface area contributed by atoms with Crippen LogP contribution < -0.4 is 16.2 Å². The molecule has 0 fully saturated rings. The first kappa shape index (κ1) is 41.4. The number of aromatic nitrogens is 1. The quantitative estimate of drug-likeness (QED) is 0.179. The predicted molar refractivity (Wildman–Crippen MR) is 297 cm³/mol. The number of furan rings is 1. The summed E-state index contributed by atoms with van der Waals surface area (Å²) in [6, 6.07) is 48.9. The van der Waals surface area contributed by atoms with E-state index in [9.17, 15) is 0 Å². The minimum absolute atomic E-state index is 0.0654. The number of aryl methyl sites for hydroxylation is 1. The number of benzene rings is 8. The average Bonchev–Trinajstić information content (AvgIpc) is 4.03. The first-order valence-electron chi connectivity index (χ1n) is 24.9. The normalized spacial score (nSPS) is 16.3. The number of hydrogen-bond donors (Lipinski definition) is 1. The molecule has 4 heterocycles. The number of hydrogen-bond acceptors (Lipinski definition) is 3. The molecule has 8 aromatic carbocycles. The number of thiophene rings is 1. The molecule has 1 aliphatic heterocycles. The third-order valence-corrected chi connectivity index (χ3v) is 18.1. The highest BCUT2D eigenvalue weighted by atomic mass is 32.1. The summed E-state index contributed by atoms with van der Waals surface area (Å²) in [7, 11) is 2.52. The van der Waals surface area contributed by atoms with Crippen molar-refractivity contribution in [2.24, 2.45) is 0 Å². The largest absolute Gasteiger partial charge is 0.456 e. The number of para-hydroxylation sites is 1. The molecule has 0 atom stereocenters. The van der Waals surface area contributed by atoms with Crippen molar-refractivity contribution in [3.05, 3.63) is 161 Å². The van der Waals surface area contributed by atoms with Crippen LogP contribution in [0, 0.1) is 6.92 Å². The Bertz CT molecular complexity index is 4090. The van der Waals surface area contributed by atoms with Crippen molar-refractivity contribution in [2.45, 2.75) is 104 Å². The molecule has 69 heavy (non-hydrogen) atoms. The maximum Gasteiger partial charge on any atom is 0.197 e. The Balaban J connectivity index is 1.08. The van der Waals surface area contributed by atoms with Gasteiger partial charge in [0, 0.05) is 81.3 Å². The van der Waals surface area contributed by atoms with E-state index in [-0.39, 0.29) is 21.7 Å². The van der Waals surface area contributed by atoms with Crippen LogP contribution in [-0.4, -0.2) is 11.8 Å². The van der Waals surface area contributed by atoms with Crippen molar-refractivity contribution in [2.75, 3.05) is 5.32 Å². The highest BCUT2D eigenvalue weighted by Gasteiger charge is 2.40. The molecule has 11 aromatic rings. The fourth-order valence-corrected chi connectivity index (χ4v) is 14.1. The lowest BCUT2D eigenvalue weighted by molar-refractivity contribution is 0.332. The summed E-state index contributed by atoms with van der Waals surface area (Å²) in [6.07, 6.45) is 2.39. The summed E-state index contributed by atoms with van der Waals surface area (Å²) in [5.74, 6) is 0. The van der Waals surface area contributed by atoms with Gasteiger partial charge >= 0.3 is 0 Å². The van der Waals surface area contributed by atoms with Gasteiger partial charge in [0.05, 0.1) is 5.52 Å². The number of anilines is 2. The molecule has 0 spiro atoms. The molecule has 2 aliphatic carbocycles. The Morgan fingerprint density at radius 3 is 2.09 bits per heavy atom. The molecule has 0 amide bonds. The van der Waals surface area contributed by atoms with E-state index in [4.69, 9.17) is 4.42 Å². The zero-order valence-corrected chi connectivity index (χ0v) is 42.2. The summed E-state index contributed by atoms with van der Waals surface area (Å²) < 4.78 is 11.9. The molecule has 0 unspecified atom stereocenters. The lowest BCUT2D eigenvalue weighted by Gasteiger charge is -2.41. The van der Waals surface area contributed by atoms with Crippen molar-refractivity contribution in [1.29, 1.82) is 0 Å². The van der Waals surface area contributed by atoms with Crippen LogP contribution >= 0.6 is 11.3 Å². The van der Waals surface area contributed by atoms with E-state index in [0.29, 0.717) is 0 Å². The summed E-state index contributed by atoms with van der Waals surface area (Å²) in [5, 5.41) is 11.6. The van der Waals surface area contributed by atoms with Gasteiger partial charge in [-0.1, -0.05) is 135 Å². The molecule has 1 N–H and O–H groups in total. The van der Waals surface area contributed by atoms with Gasteiger partial charge in [-0.15, -0.1) is 11.3 Å². The molecule has 1 radical (unpaired) electrons. The number of nitrogens with one attached hydrogen (secondary N) is 1. The van der Waals surface area contributed by atoms with Crippen molar-refractivity contribution >= 4 is 105 Å². The minimum Gasteiger partial charge on any atom is -0.456 e. The van der Waals surface area contributed by atoms with E-state index in [1.54, 1.807) is 0 Å². The maximum absolute atomic E-state index is 6.66. The van der Waals surface area contributed by atoms with Crippen molar-refractivity contribution < 1.29 is 4.42 Å². The van der Waals surface area contributed by atoms with E-state index in [0.717, 1.165) is 33.3 Å². The second kappa shape index (κ2) is 13.6. The second-order valence-corrected chi connectivity index (χ2v) is 24.6. The first-order chi connectivity index (χ1) is 32.9. The van der Waals surface area contributed by atoms with E-state index < -0.39 is 0 Å². The van der Waals surface area contributed by atoms with Gasteiger partial charge in [-0.05, 0) is 146 Å². The number of rotatable bonds is 3. The van der Waals surface area contributed by atoms with Gasteiger partial charge in [0.25, 0.3) is 0 Å². The van der Waals surface area contributed by atoms with Crippen LogP contribution in [0.15, 0.2) is 132 Å².